The van der Waals surface area contributed by atoms with Gasteiger partial charge in [-0.1, -0.05) is 19.9 Å². The maximum Gasteiger partial charge on any atom is 0.218 e. The normalized spacial score (nSPS) is 11.7. The highest BCUT2D eigenvalue weighted by Gasteiger charge is 2.15. The van der Waals surface area contributed by atoms with Crippen LogP contribution in [0, 0.1) is 0 Å². The second-order valence-electron chi connectivity index (χ2n) is 6.79. The van der Waals surface area contributed by atoms with Gasteiger partial charge in [0.05, 0.1) is 18.8 Å². The molecule has 2 aromatic rings. The van der Waals surface area contributed by atoms with Gasteiger partial charge in [-0.2, -0.15) is 5.10 Å². The molecule has 0 fully saturated rings. The molecule has 0 unspecified atom stereocenters. The molecule has 0 aromatic carbocycles. The summed E-state index contributed by atoms with van der Waals surface area (Å²) in [5.74, 6) is 1.89. The van der Waals surface area contributed by atoms with Gasteiger partial charge in [-0.3, -0.25) is 4.68 Å². The third-order valence-corrected chi connectivity index (χ3v) is 4.12. The molecule has 0 atom stereocenters. The number of aliphatic imine (C=N–C) groups is 1. The number of nitrogens with one attached hydrogen (secondary N) is 1. The van der Waals surface area contributed by atoms with Crippen molar-refractivity contribution in [1.29, 1.82) is 0 Å². The van der Waals surface area contributed by atoms with Crippen LogP contribution >= 0.6 is 0 Å². The van der Waals surface area contributed by atoms with Crippen molar-refractivity contribution in [3.8, 4) is 5.88 Å². The number of pyridine rings is 1. The van der Waals surface area contributed by atoms with Crippen molar-refractivity contribution < 1.29 is 4.74 Å². The molecule has 1 N–H and O–H groups in total. The first-order chi connectivity index (χ1) is 13.0. The lowest BCUT2D eigenvalue weighted by Gasteiger charge is -2.22. The molecule has 148 valence electrons. The van der Waals surface area contributed by atoms with Gasteiger partial charge in [-0.05, 0) is 25.8 Å². The maximum atomic E-state index is 5.60. The largest absolute Gasteiger partial charge is 0.478 e. The first-order valence-electron chi connectivity index (χ1n) is 9.54. The third-order valence-electron chi connectivity index (χ3n) is 4.12. The second kappa shape index (κ2) is 9.94. The first kappa shape index (κ1) is 20.7. The number of ether oxygens (including phenoxy) is 1. The van der Waals surface area contributed by atoms with Crippen LogP contribution in [0.15, 0.2) is 29.5 Å². The molecule has 0 aliphatic heterocycles. The van der Waals surface area contributed by atoms with Crippen LogP contribution in [0.3, 0.4) is 0 Å². The van der Waals surface area contributed by atoms with Crippen molar-refractivity contribution in [3.05, 3.63) is 41.3 Å². The van der Waals surface area contributed by atoms with Crippen molar-refractivity contribution in [2.24, 2.45) is 12.0 Å². The van der Waals surface area contributed by atoms with E-state index < -0.39 is 0 Å². The molecule has 7 heteroatoms. The number of guanidine groups is 1. The summed E-state index contributed by atoms with van der Waals surface area (Å²) in [6.07, 6.45) is 3.83. The van der Waals surface area contributed by atoms with Crippen molar-refractivity contribution in [2.45, 2.75) is 46.7 Å². The molecule has 0 aliphatic rings. The molecule has 0 saturated carbocycles. The van der Waals surface area contributed by atoms with Gasteiger partial charge in [0.2, 0.25) is 5.88 Å². The Balaban J connectivity index is 2.17. The van der Waals surface area contributed by atoms with Gasteiger partial charge in [0, 0.05) is 50.7 Å². The average molecular weight is 373 g/mol. The Morgan fingerprint density at radius 2 is 2.11 bits per heavy atom. The summed E-state index contributed by atoms with van der Waals surface area (Å²) >= 11 is 0. The number of nitrogens with zero attached hydrogens (tertiary/aromatic N) is 5. The minimum Gasteiger partial charge on any atom is -0.478 e. The van der Waals surface area contributed by atoms with E-state index in [1.54, 1.807) is 6.20 Å². The molecule has 0 saturated heterocycles. The monoisotopic (exact) mass is 372 g/mol. The SMILES string of the molecule is CCNC(=NCc1cccnc1OCC)N(C)Cc1cn(C)nc1C(C)C. The highest BCUT2D eigenvalue weighted by Crippen LogP contribution is 2.19. The van der Waals surface area contributed by atoms with E-state index in [9.17, 15) is 0 Å². The van der Waals surface area contributed by atoms with Gasteiger partial charge in [0.1, 0.15) is 0 Å². The van der Waals surface area contributed by atoms with Crippen LogP contribution in [0.25, 0.3) is 0 Å². The third kappa shape index (κ3) is 5.70. The quantitative estimate of drug-likeness (QED) is 0.570. The lowest BCUT2D eigenvalue weighted by Crippen LogP contribution is -2.38. The van der Waals surface area contributed by atoms with Crippen molar-refractivity contribution in [1.82, 2.24) is 25.0 Å². The predicted octanol–water partition coefficient (Wildman–Crippen LogP) is 2.93. The van der Waals surface area contributed by atoms with Crippen LogP contribution in [0.5, 0.6) is 5.88 Å². The maximum absolute atomic E-state index is 5.60. The van der Waals surface area contributed by atoms with Crippen molar-refractivity contribution in [3.63, 3.8) is 0 Å². The van der Waals surface area contributed by atoms with Gasteiger partial charge >= 0.3 is 0 Å². The van der Waals surface area contributed by atoms with Gasteiger partial charge in [-0.25, -0.2) is 9.98 Å². The van der Waals surface area contributed by atoms with E-state index in [2.05, 4.69) is 47.3 Å². The lowest BCUT2D eigenvalue weighted by molar-refractivity contribution is 0.323. The predicted molar refractivity (Wildman–Crippen MR) is 109 cm³/mol. The fourth-order valence-corrected chi connectivity index (χ4v) is 2.93. The Labute approximate surface area is 162 Å². The van der Waals surface area contributed by atoms with Gasteiger partial charge in [0.15, 0.2) is 5.96 Å². The second-order valence-corrected chi connectivity index (χ2v) is 6.79. The van der Waals surface area contributed by atoms with E-state index in [-0.39, 0.29) is 0 Å². The van der Waals surface area contributed by atoms with E-state index in [0.717, 1.165) is 30.3 Å². The molecule has 0 bridgehead atoms. The molecular formula is C20H32N6O. The van der Waals surface area contributed by atoms with Crippen LogP contribution in [-0.4, -0.2) is 45.8 Å². The first-order valence-corrected chi connectivity index (χ1v) is 9.54. The summed E-state index contributed by atoms with van der Waals surface area (Å²) in [5.41, 5.74) is 3.33. The van der Waals surface area contributed by atoms with Crippen LogP contribution in [0.4, 0.5) is 0 Å². The molecule has 2 aromatic heterocycles. The topological polar surface area (TPSA) is 67.6 Å². The van der Waals surface area contributed by atoms with Crippen LogP contribution in [0.2, 0.25) is 0 Å². The van der Waals surface area contributed by atoms with Crippen LogP contribution < -0.4 is 10.1 Å². The molecule has 2 rings (SSSR count). The van der Waals surface area contributed by atoms with E-state index in [0.29, 0.717) is 24.9 Å². The van der Waals surface area contributed by atoms with Crippen molar-refractivity contribution >= 4 is 5.96 Å². The van der Waals surface area contributed by atoms with E-state index >= 15 is 0 Å². The minimum absolute atomic E-state index is 0.387. The number of aryl methyl sites for hydroxylation is 1. The average Bonchev–Trinajstić information content (AvgIpc) is 3.00. The standard InChI is InChI=1S/C20H32N6O/c1-7-21-20(23-12-16-10-9-11-22-19(16)27-8-2)25(5)13-17-14-26(6)24-18(17)15(3)4/h9-11,14-15H,7-8,12-13H2,1-6H3,(H,21,23). The number of aromatic nitrogens is 3. The van der Waals surface area contributed by atoms with Gasteiger partial charge < -0.3 is 15.0 Å². The molecule has 7 nitrogen and oxygen atoms in total. The lowest BCUT2D eigenvalue weighted by atomic mass is 10.1. The van der Waals surface area contributed by atoms with E-state index in [1.165, 1.54) is 5.56 Å². The van der Waals surface area contributed by atoms with Gasteiger partial charge in [-0.15, -0.1) is 0 Å². The summed E-state index contributed by atoms with van der Waals surface area (Å²) in [4.78, 5) is 11.2. The Hall–Kier alpha value is -2.57. The summed E-state index contributed by atoms with van der Waals surface area (Å²) in [6.45, 7) is 11.0. The fourth-order valence-electron chi connectivity index (χ4n) is 2.93. The molecule has 0 spiro atoms. The molecule has 0 aliphatic carbocycles. The molecule has 0 radical (unpaired) electrons. The van der Waals surface area contributed by atoms with Crippen LogP contribution in [0.1, 0.15) is 50.4 Å². The molecule has 0 amide bonds. The fraction of sp³-hybridized carbons (Fsp3) is 0.550. The highest BCUT2D eigenvalue weighted by molar-refractivity contribution is 5.79. The molecular weight excluding hydrogens is 340 g/mol. The summed E-state index contributed by atoms with van der Waals surface area (Å²) in [7, 11) is 4.01. The zero-order valence-corrected chi connectivity index (χ0v) is 17.4. The summed E-state index contributed by atoms with van der Waals surface area (Å²) in [5, 5.41) is 7.97. The highest BCUT2D eigenvalue weighted by atomic mass is 16.5. The Morgan fingerprint density at radius 3 is 2.78 bits per heavy atom. The van der Waals surface area contributed by atoms with Crippen LogP contribution in [-0.2, 0) is 20.1 Å². The zero-order valence-electron chi connectivity index (χ0n) is 17.4. The summed E-state index contributed by atoms with van der Waals surface area (Å²) < 4.78 is 7.49. The van der Waals surface area contributed by atoms with Gasteiger partial charge in [0.25, 0.3) is 0 Å². The number of hydrogen-bond acceptors (Lipinski definition) is 4. The Kier molecular flexibility index (Phi) is 7.64. The zero-order chi connectivity index (χ0) is 19.8. The Morgan fingerprint density at radius 1 is 1.33 bits per heavy atom. The molecule has 27 heavy (non-hydrogen) atoms. The van der Waals surface area contributed by atoms with E-state index in [4.69, 9.17) is 9.73 Å². The number of rotatable bonds is 8. The van der Waals surface area contributed by atoms with E-state index in [1.807, 2.05) is 37.8 Å². The minimum atomic E-state index is 0.387. The Bertz CT molecular complexity index is 753. The summed E-state index contributed by atoms with van der Waals surface area (Å²) in [6, 6.07) is 3.91. The number of hydrogen-bond donors (Lipinski definition) is 1. The molecule has 2 heterocycles. The smallest absolute Gasteiger partial charge is 0.218 e. The van der Waals surface area contributed by atoms with Crippen molar-refractivity contribution in [2.75, 3.05) is 20.2 Å².